The average molecular weight is 360 g/mol. The number of piperazine rings is 1. The Morgan fingerprint density at radius 3 is 2.63 bits per heavy atom. The molecular formula is C20H20N6O. The van der Waals surface area contributed by atoms with Gasteiger partial charge in [-0.1, -0.05) is 30.3 Å². The smallest absolute Gasteiger partial charge is 0.275 e. The molecule has 1 aliphatic heterocycles. The van der Waals surface area contributed by atoms with Crippen molar-refractivity contribution in [3.63, 3.8) is 0 Å². The number of nitrogens with one attached hydrogen (secondary N) is 1. The first kappa shape index (κ1) is 17.2. The monoisotopic (exact) mass is 360 g/mol. The van der Waals surface area contributed by atoms with E-state index in [0.717, 1.165) is 23.4 Å². The van der Waals surface area contributed by atoms with Gasteiger partial charge < -0.3 is 10.2 Å². The number of benzene rings is 1. The third-order valence-electron chi connectivity index (χ3n) is 4.64. The van der Waals surface area contributed by atoms with Gasteiger partial charge in [-0.2, -0.15) is 0 Å². The van der Waals surface area contributed by atoms with Crippen molar-refractivity contribution >= 4 is 5.91 Å². The highest BCUT2D eigenvalue weighted by atomic mass is 16.2. The van der Waals surface area contributed by atoms with Crippen LogP contribution in [0.3, 0.4) is 0 Å². The third kappa shape index (κ3) is 3.54. The Morgan fingerprint density at radius 2 is 1.89 bits per heavy atom. The SMILES string of the molecule is Cc1cc(-c2ccccc2)nnc1C(=O)N1CCNCC1c1ncccn1. The second kappa shape index (κ2) is 7.59. The lowest BCUT2D eigenvalue weighted by molar-refractivity contribution is 0.0615. The van der Waals surface area contributed by atoms with Crippen LogP contribution in [0.25, 0.3) is 11.3 Å². The highest BCUT2D eigenvalue weighted by Gasteiger charge is 2.32. The molecule has 0 aliphatic carbocycles. The number of rotatable bonds is 3. The van der Waals surface area contributed by atoms with Crippen LogP contribution in [0.1, 0.15) is 27.9 Å². The molecule has 27 heavy (non-hydrogen) atoms. The van der Waals surface area contributed by atoms with Gasteiger partial charge in [-0.3, -0.25) is 4.79 Å². The van der Waals surface area contributed by atoms with Crippen molar-refractivity contribution in [1.29, 1.82) is 0 Å². The van der Waals surface area contributed by atoms with Crippen LogP contribution in [0, 0.1) is 6.92 Å². The van der Waals surface area contributed by atoms with Gasteiger partial charge in [-0.05, 0) is 24.6 Å². The molecule has 3 heterocycles. The molecule has 1 saturated heterocycles. The Kier molecular flexibility index (Phi) is 4.84. The Bertz CT molecular complexity index is 932. The fourth-order valence-corrected chi connectivity index (χ4v) is 3.24. The first-order chi connectivity index (χ1) is 13.2. The van der Waals surface area contributed by atoms with Crippen LogP contribution in [0.15, 0.2) is 54.9 Å². The zero-order valence-electron chi connectivity index (χ0n) is 15.0. The van der Waals surface area contributed by atoms with Gasteiger partial charge >= 0.3 is 0 Å². The number of nitrogens with zero attached hydrogens (tertiary/aromatic N) is 5. The fourth-order valence-electron chi connectivity index (χ4n) is 3.24. The van der Waals surface area contributed by atoms with E-state index in [-0.39, 0.29) is 11.9 Å². The summed E-state index contributed by atoms with van der Waals surface area (Å²) in [4.78, 5) is 23.6. The van der Waals surface area contributed by atoms with Crippen molar-refractivity contribution in [3.8, 4) is 11.3 Å². The Hall–Kier alpha value is -3.19. The van der Waals surface area contributed by atoms with Crippen molar-refractivity contribution in [3.05, 3.63) is 71.9 Å². The molecule has 7 heteroatoms. The number of amides is 1. The molecule has 3 aromatic rings. The van der Waals surface area contributed by atoms with E-state index in [9.17, 15) is 4.79 Å². The lowest BCUT2D eigenvalue weighted by atomic mass is 10.1. The van der Waals surface area contributed by atoms with Crippen molar-refractivity contribution in [2.24, 2.45) is 0 Å². The molecule has 0 radical (unpaired) electrons. The summed E-state index contributed by atoms with van der Waals surface area (Å²) in [5, 5.41) is 11.8. The van der Waals surface area contributed by atoms with Crippen LogP contribution in [0.5, 0.6) is 0 Å². The number of hydrogen-bond donors (Lipinski definition) is 1. The summed E-state index contributed by atoms with van der Waals surface area (Å²) >= 11 is 0. The van der Waals surface area contributed by atoms with Gasteiger partial charge in [-0.25, -0.2) is 9.97 Å². The maximum atomic E-state index is 13.2. The molecule has 1 unspecified atom stereocenters. The van der Waals surface area contributed by atoms with E-state index in [1.54, 1.807) is 23.4 Å². The number of aromatic nitrogens is 4. The molecule has 7 nitrogen and oxygen atoms in total. The maximum Gasteiger partial charge on any atom is 0.275 e. The lowest BCUT2D eigenvalue weighted by Crippen LogP contribution is -2.49. The minimum Gasteiger partial charge on any atom is -0.324 e. The number of aryl methyl sites for hydroxylation is 1. The van der Waals surface area contributed by atoms with Crippen molar-refractivity contribution in [2.75, 3.05) is 19.6 Å². The normalized spacial score (nSPS) is 16.9. The summed E-state index contributed by atoms with van der Waals surface area (Å²) in [6.45, 7) is 3.81. The molecule has 2 aromatic heterocycles. The van der Waals surface area contributed by atoms with Crippen LogP contribution >= 0.6 is 0 Å². The third-order valence-corrected chi connectivity index (χ3v) is 4.64. The number of carbonyl (C=O) groups excluding carboxylic acids is 1. The topological polar surface area (TPSA) is 83.9 Å². The number of hydrogen-bond acceptors (Lipinski definition) is 6. The standard InChI is InChI=1S/C20H20N6O/c1-14-12-16(15-6-3-2-4-7-15)24-25-18(14)20(27)26-11-10-21-13-17(26)19-22-8-5-9-23-19/h2-9,12,17,21H,10-11,13H2,1H3. The Balaban J connectivity index is 1.63. The maximum absolute atomic E-state index is 13.2. The zero-order chi connectivity index (χ0) is 18.6. The van der Waals surface area contributed by atoms with Gasteiger partial charge in [0.1, 0.15) is 6.04 Å². The second-order valence-electron chi connectivity index (χ2n) is 6.45. The highest BCUT2D eigenvalue weighted by molar-refractivity contribution is 5.94. The predicted molar refractivity (Wildman–Crippen MR) is 101 cm³/mol. The molecule has 1 amide bonds. The van der Waals surface area contributed by atoms with Crippen molar-refractivity contribution in [1.82, 2.24) is 30.4 Å². The minimum absolute atomic E-state index is 0.140. The minimum atomic E-state index is -0.220. The van der Waals surface area contributed by atoms with Crippen molar-refractivity contribution in [2.45, 2.75) is 13.0 Å². The molecule has 0 bridgehead atoms. The van der Waals surface area contributed by atoms with E-state index in [4.69, 9.17) is 0 Å². The van der Waals surface area contributed by atoms with E-state index in [2.05, 4.69) is 25.5 Å². The van der Waals surface area contributed by atoms with E-state index < -0.39 is 0 Å². The Morgan fingerprint density at radius 1 is 1.11 bits per heavy atom. The van der Waals surface area contributed by atoms with Crippen LogP contribution in [0.4, 0.5) is 0 Å². The van der Waals surface area contributed by atoms with Gasteiger partial charge in [-0.15, -0.1) is 10.2 Å². The molecule has 136 valence electrons. The molecule has 0 spiro atoms. The van der Waals surface area contributed by atoms with Gasteiger partial charge in [0.2, 0.25) is 0 Å². The molecule has 4 rings (SSSR count). The van der Waals surface area contributed by atoms with Crippen molar-refractivity contribution < 1.29 is 4.79 Å². The number of carbonyl (C=O) groups is 1. The van der Waals surface area contributed by atoms with Crippen LogP contribution in [0.2, 0.25) is 0 Å². The van der Waals surface area contributed by atoms with E-state index >= 15 is 0 Å². The van der Waals surface area contributed by atoms with Crippen LogP contribution in [-0.4, -0.2) is 50.6 Å². The fraction of sp³-hybridized carbons (Fsp3) is 0.250. The van der Waals surface area contributed by atoms with E-state index in [1.165, 1.54) is 0 Å². The summed E-state index contributed by atoms with van der Waals surface area (Å²) in [7, 11) is 0. The van der Waals surface area contributed by atoms with Crippen LogP contribution < -0.4 is 5.32 Å². The highest BCUT2D eigenvalue weighted by Crippen LogP contribution is 2.23. The molecule has 1 N–H and O–H groups in total. The van der Waals surface area contributed by atoms with Gasteiger partial charge in [0, 0.05) is 37.6 Å². The lowest BCUT2D eigenvalue weighted by Gasteiger charge is -2.35. The molecule has 0 saturated carbocycles. The molecule has 1 aliphatic rings. The molecule has 1 aromatic carbocycles. The second-order valence-corrected chi connectivity index (χ2v) is 6.45. The zero-order valence-corrected chi connectivity index (χ0v) is 15.0. The largest absolute Gasteiger partial charge is 0.324 e. The Labute approximate surface area is 157 Å². The predicted octanol–water partition coefficient (Wildman–Crippen LogP) is 2.03. The first-order valence-corrected chi connectivity index (χ1v) is 8.92. The summed E-state index contributed by atoms with van der Waals surface area (Å²) in [6, 6.07) is 13.3. The quantitative estimate of drug-likeness (QED) is 0.769. The van der Waals surface area contributed by atoms with Gasteiger partial charge in [0.05, 0.1) is 5.69 Å². The summed E-state index contributed by atoms with van der Waals surface area (Å²) in [6.07, 6.45) is 3.39. The van der Waals surface area contributed by atoms with Gasteiger partial charge in [0.25, 0.3) is 5.91 Å². The summed E-state index contributed by atoms with van der Waals surface area (Å²) in [5.41, 5.74) is 2.91. The van der Waals surface area contributed by atoms with E-state index in [0.29, 0.717) is 24.6 Å². The molecule has 1 fully saturated rings. The van der Waals surface area contributed by atoms with E-state index in [1.807, 2.05) is 43.3 Å². The summed E-state index contributed by atoms with van der Waals surface area (Å²) in [5.74, 6) is 0.489. The average Bonchev–Trinajstić information content (AvgIpc) is 2.74. The van der Waals surface area contributed by atoms with Crippen LogP contribution in [-0.2, 0) is 0 Å². The van der Waals surface area contributed by atoms with Gasteiger partial charge in [0.15, 0.2) is 11.5 Å². The molecule has 1 atom stereocenters. The molecular weight excluding hydrogens is 340 g/mol. The first-order valence-electron chi connectivity index (χ1n) is 8.92. The summed E-state index contributed by atoms with van der Waals surface area (Å²) < 4.78 is 0.